The van der Waals surface area contributed by atoms with E-state index in [1.165, 1.54) is 0 Å². The molecule has 33 heavy (non-hydrogen) atoms. The first-order valence-electron chi connectivity index (χ1n) is 11.3. The highest BCUT2D eigenvalue weighted by Crippen LogP contribution is 2.25. The van der Waals surface area contributed by atoms with Crippen LogP contribution < -0.4 is 10.1 Å². The Balaban J connectivity index is 1.45. The molecule has 0 aliphatic carbocycles. The molecule has 6 nitrogen and oxygen atoms in total. The molecule has 0 saturated heterocycles. The van der Waals surface area contributed by atoms with E-state index in [4.69, 9.17) is 9.72 Å². The second-order valence-electron chi connectivity index (χ2n) is 8.57. The van der Waals surface area contributed by atoms with Gasteiger partial charge in [0, 0.05) is 17.9 Å². The Morgan fingerprint density at radius 2 is 1.64 bits per heavy atom. The number of benzene rings is 2. The number of hydrogen-bond acceptors (Lipinski definition) is 4. The van der Waals surface area contributed by atoms with Crippen LogP contribution in [0.4, 0.5) is 5.82 Å². The molecule has 2 aromatic heterocycles. The molecule has 0 aliphatic heterocycles. The van der Waals surface area contributed by atoms with Gasteiger partial charge < -0.3 is 10.1 Å². The minimum Gasteiger partial charge on any atom is -0.493 e. The van der Waals surface area contributed by atoms with Gasteiger partial charge in [-0.25, -0.2) is 4.98 Å². The summed E-state index contributed by atoms with van der Waals surface area (Å²) in [5.74, 6) is 2.14. The molecule has 0 saturated carbocycles. The van der Waals surface area contributed by atoms with Gasteiger partial charge in [-0.05, 0) is 69.4 Å². The highest BCUT2D eigenvalue weighted by Gasteiger charge is 2.14. The summed E-state index contributed by atoms with van der Waals surface area (Å²) < 4.78 is 7.63. The fraction of sp³-hybridized carbons (Fsp3) is 0.296. The Morgan fingerprint density at radius 3 is 2.39 bits per heavy atom. The van der Waals surface area contributed by atoms with Crippen molar-refractivity contribution < 1.29 is 9.53 Å². The zero-order valence-corrected chi connectivity index (χ0v) is 19.9. The maximum absolute atomic E-state index is 12.7. The lowest BCUT2D eigenvalue weighted by atomic mass is 10.1. The number of rotatable bonds is 7. The van der Waals surface area contributed by atoms with E-state index in [-0.39, 0.29) is 5.91 Å². The molecule has 0 aliphatic rings. The molecule has 0 spiro atoms. The number of pyridine rings is 1. The zero-order chi connectivity index (χ0) is 23.5. The van der Waals surface area contributed by atoms with Crippen molar-refractivity contribution in [2.45, 2.75) is 47.5 Å². The minimum absolute atomic E-state index is 0.0741. The van der Waals surface area contributed by atoms with Crippen molar-refractivity contribution >= 4 is 22.6 Å². The molecule has 2 heterocycles. The summed E-state index contributed by atoms with van der Waals surface area (Å²) in [7, 11) is 0. The van der Waals surface area contributed by atoms with Crippen LogP contribution in [0.1, 0.15) is 40.8 Å². The zero-order valence-electron chi connectivity index (χ0n) is 19.9. The van der Waals surface area contributed by atoms with E-state index in [0.717, 1.165) is 44.6 Å². The largest absolute Gasteiger partial charge is 0.493 e. The molecule has 4 aromatic rings. The molecule has 0 bridgehead atoms. The third-order valence-corrected chi connectivity index (χ3v) is 5.75. The number of nitrogens with zero attached hydrogens (tertiary/aromatic N) is 3. The van der Waals surface area contributed by atoms with Crippen molar-refractivity contribution in [1.29, 1.82) is 0 Å². The Morgan fingerprint density at radius 1 is 0.939 bits per heavy atom. The Bertz CT molecular complexity index is 1300. The molecule has 4 rings (SSSR count). The normalized spacial score (nSPS) is 11.1. The summed E-state index contributed by atoms with van der Waals surface area (Å²) in [6.45, 7) is 10.6. The van der Waals surface area contributed by atoms with Crippen LogP contribution in [-0.4, -0.2) is 27.3 Å². The van der Waals surface area contributed by atoms with Crippen LogP contribution in [-0.2, 0) is 4.79 Å². The monoisotopic (exact) mass is 442 g/mol. The SMILES string of the molecule is Cc1cc(NC(=O)CCCOc2c(C)cccc2C)n(-c2cc(C)c3cccc(C)c3n2)n1. The van der Waals surface area contributed by atoms with Gasteiger partial charge in [0.05, 0.1) is 17.8 Å². The van der Waals surface area contributed by atoms with Gasteiger partial charge >= 0.3 is 0 Å². The van der Waals surface area contributed by atoms with Crippen molar-refractivity contribution in [1.82, 2.24) is 14.8 Å². The average Bonchev–Trinajstić information content (AvgIpc) is 3.13. The number of carbonyl (C=O) groups is 1. The summed E-state index contributed by atoms with van der Waals surface area (Å²) in [4.78, 5) is 17.5. The first-order chi connectivity index (χ1) is 15.8. The fourth-order valence-corrected chi connectivity index (χ4v) is 4.05. The molecule has 1 N–H and O–H groups in total. The van der Waals surface area contributed by atoms with E-state index in [9.17, 15) is 4.79 Å². The van der Waals surface area contributed by atoms with Crippen LogP contribution in [0.3, 0.4) is 0 Å². The van der Waals surface area contributed by atoms with Crippen LogP contribution in [0.15, 0.2) is 48.5 Å². The van der Waals surface area contributed by atoms with Crippen LogP contribution >= 0.6 is 0 Å². The molecule has 1 amide bonds. The predicted octanol–water partition coefficient (Wildman–Crippen LogP) is 5.76. The highest BCUT2D eigenvalue weighted by atomic mass is 16.5. The van der Waals surface area contributed by atoms with Gasteiger partial charge in [-0.1, -0.05) is 36.4 Å². The van der Waals surface area contributed by atoms with E-state index in [1.807, 2.05) is 57.2 Å². The molecule has 0 fully saturated rings. The number of ether oxygens (including phenoxy) is 1. The van der Waals surface area contributed by atoms with Crippen molar-refractivity contribution in [3.8, 4) is 11.6 Å². The number of anilines is 1. The number of carbonyl (C=O) groups excluding carboxylic acids is 1. The van der Waals surface area contributed by atoms with Gasteiger partial charge in [0.15, 0.2) is 5.82 Å². The predicted molar refractivity (Wildman–Crippen MR) is 132 cm³/mol. The molecule has 2 aromatic carbocycles. The van der Waals surface area contributed by atoms with Crippen LogP contribution in [0.2, 0.25) is 0 Å². The summed E-state index contributed by atoms with van der Waals surface area (Å²) in [6.07, 6.45) is 0.984. The van der Waals surface area contributed by atoms with Gasteiger partial charge in [0.1, 0.15) is 11.6 Å². The molecule has 0 radical (unpaired) electrons. The maximum Gasteiger partial charge on any atom is 0.225 e. The first kappa shape index (κ1) is 22.5. The third-order valence-electron chi connectivity index (χ3n) is 5.75. The highest BCUT2D eigenvalue weighted by molar-refractivity contribution is 5.90. The fourth-order valence-electron chi connectivity index (χ4n) is 4.05. The van der Waals surface area contributed by atoms with E-state index in [2.05, 4.69) is 36.4 Å². The topological polar surface area (TPSA) is 69.0 Å². The average molecular weight is 443 g/mol. The third kappa shape index (κ3) is 4.90. The summed E-state index contributed by atoms with van der Waals surface area (Å²) in [6, 6.07) is 16.1. The quantitative estimate of drug-likeness (QED) is 0.370. The van der Waals surface area contributed by atoms with Gasteiger partial charge in [-0.15, -0.1) is 0 Å². The van der Waals surface area contributed by atoms with Gasteiger partial charge in [0.2, 0.25) is 5.91 Å². The number of aryl methyl sites for hydroxylation is 5. The van der Waals surface area contributed by atoms with E-state index >= 15 is 0 Å². The number of fused-ring (bicyclic) bond motifs is 1. The minimum atomic E-state index is -0.0741. The van der Waals surface area contributed by atoms with Gasteiger partial charge in [0.25, 0.3) is 0 Å². The van der Waals surface area contributed by atoms with Crippen molar-refractivity contribution in [2.24, 2.45) is 0 Å². The van der Waals surface area contributed by atoms with Crippen LogP contribution in [0.5, 0.6) is 5.75 Å². The standard InChI is InChI=1S/C27H30N4O2/c1-17-9-7-12-22-20(4)15-23(29-26(17)22)31-24(16-21(5)30-31)28-25(32)13-8-14-33-27-18(2)10-6-11-19(27)3/h6-7,9-12,15-16H,8,13-14H2,1-5H3,(H,28,32). The van der Waals surface area contributed by atoms with E-state index < -0.39 is 0 Å². The number of hydrogen-bond donors (Lipinski definition) is 1. The molecular weight excluding hydrogens is 412 g/mol. The van der Waals surface area contributed by atoms with Crippen LogP contribution in [0, 0.1) is 34.6 Å². The first-order valence-corrected chi connectivity index (χ1v) is 11.3. The lowest BCUT2D eigenvalue weighted by Crippen LogP contribution is -2.16. The second kappa shape index (κ2) is 9.45. The smallest absolute Gasteiger partial charge is 0.225 e. The number of amides is 1. The molecule has 0 unspecified atom stereocenters. The summed E-state index contributed by atoms with van der Waals surface area (Å²) in [5.41, 5.74) is 6.19. The summed E-state index contributed by atoms with van der Waals surface area (Å²) >= 11 is 0. The Labute approximate surface area is 194 Å². The Kier molecular flexibility index (Phi) is 6.45. The van der Waals surface area contributed by atoms with Gasteiger partial charge in [-0.3, -0.25) is 4.79 Å². The van der Waals surface area contributed by atoms with Gasteiger partial charge in [-0.2, -0.15) is 9.78 Å². The van der Waals surface area contributed by atoms with Crippen molar-refractivity contribution in [3.63, 3.8) is 0 Å². The maximum atomic E-state index is 12.7. The molecule has 170 valence electrons. The van der Waals surface area contributed by atoms with E-state index in [0.29, 0.717) is 31.1 Å². The van der Waals surface area contributed by atoms with E-state index in [1.54, 1.807) is 4.68 Å². The lowest BCUT2D eigenvalue weighted by Gasteiger charge is -2.13. The lowest BCUT2D eigenvalue weighted by molar-refractivity contribution is -0.116. The second-order valence-corrected chi connectivity index (χ2v) is 8.57. The number of aromatic nitrogens is 3. The molecule has 0 atom stereocenters. The summed E-state index contributed by atoms with van der Waals surface area (Å²) in [5, 5.41) is 8.70. The molecule has 6 heteroatoms. The van der Waals surface area contributed by atoms with Crippen molar-refractivity contribution in [2.75, 3.05) is 11.9 Å². The van der Waals surface area contributed by atoms with Crippen molar-refractivity contribution in [3.05, 3.63) is 76.5 Å². The molecular formula is C27H30N4O2. The Hall–Kier alpha value is -3.67. The number of nitrogens with one attached hydrogen (secondary N) is 1. The number of para-hydroxylation sites is 2. The van der Waals surface area contributed by atoms with Crippen LogP contribution in [0.25, 0.3) is 16.7 Å².